The third-order valence-corrected chi connectivity index (χ3v) is 14.6. The van der Waals surface area contributed by atoms with Crippen LogP contribution < -0.4 is 0 Å². The summed E-state index contributed by atoms with van der Waals surface area (Å²) < 4.78 is 0. The van der Waals surface area contributed by atoms with E-state index in [1.54, 1.807) is 9.80 Å². The number of hydrogen-bond acceptors (Lipinski definition) is 4. The van der Waals surface area contributed by atoms with E-state index >= 15 is 0 Å². The Morgan fingerprint density at radius 1 is 0.433 bits per heavy atom. The summed E-state index contributed by atoms with van der Waals surface area (Å²) in [5, 5.41) is 0. The molecule has 0 aromatic heterocycles. The summed E-state index contributed by atoms with van der Waals surface area (Å²) in [6, 6.07) is 1.01. The van der Waals surface area contributed by atoms with E-state index in [0.29, 0.717) is 0 Å². The van der Waals surface area contributed by atoms with Gasteiger partial charge in [-0.25, -0.2) is 19.2 Å². The molecule has 0 N–H and O–H groups in total. The lowest BCUT2D eigenvalue weighted by Crippen LogP contribution is -2.51. The molecule has 0 radical (unpaired) electrons. The Bertz CT molecular complexity index is 1280. The third-order valence-electron chi connectivity index (χ3n) is 14.6. The first-order chi connectivity index (χ1) is 28.7. The predicted octanol–water partition coefficient (Wildman–Crippen LogP) is 13.7. The Morgan fingerprint density at radius 2 is 0.672 bits per heavy atom. The van der Waals surface area contributed by atoms with Crippen molar-refractivity contribution in [3.05, 3.63) is 0 Å². The maximum absolute atomic E-state index is 12.3. The number of nitrogens with zero attached hydrogens (tertiary/aromatic N) is 8. The van der Waals surface area contributed by atoms with Crippen molar-refractivity contribution in [2.24, 2.45) is 47.3 Å². The van der Waals surface area contributed by atoms with Crippen LogP contribution in [0.3, 0.4) is 0 Å². The van der Waals surface area contributed by atoms with E-state index in [4.69, 9.17) is 0 Å². The zero-order valence-corrected chi connectivity index (χ0v) is 43.9. The van der Waals surface area contributed by atoms with Gasteiger partial charge in [0, 0.05) is 106 Å². The van der Waals surface area contributed by atoms with Crippen LogP contribution in [0.15, 0.2) is 0 Å². The molecule has 0 aliphatic carbocycles. The molecule has 4 rings (SSSR count). The molecule has 0 spiro atoms. The van der Waals surface area contributed by atoms with Crippen molar-refractivity contribution in [2.75, 3.05) is 94.1 Å². The van der Waals surface area contributed by atoms with Crippen LogP contribution in [0.25, 0.3) is 0 Å². The standard InChI is InChI=1S/C14H28N2O.C13H26N2O.C12H24N2O.C11H22N2O.5CH4/c1-11(2)12-7-9-16(10-8-12)13(17)15(6)14(3,4)5;1-10(2)12-6-8-15(9-7-12)13(16)14(5)11(3)4;1-5-13(4)12(15)14-8-6-11(7-9-14)10(2)3;1-9(2)10-5-7-13(8-6-10)11(14)12(3)4;;;;;/h11-12H,7-10H2,1-6H3;10-12H,6-9H2,1-5H3;10-11H,5-9H2,1-4H3;9-10H,5-8H2,1-4H3;5*1H4. The molecular weight excluding hydrogens is 837 g/mol. The van der Waals surface area contributed by atoms with E-state index in [-0.39, 0.29) is 72.8 Å². The van der Waals surface area contributed by atoms with Gasteiger partial charge in [0.15, 0.2) is 0 Å². The van der Waals surface area contributed by atoms with Gasteiger partial charge in [-0.1, -0.05) is 92.5 Å². The molecule has 0 atom stereocenters. The normalized spacial score (nSPS) is 17.1. The Labute approximate surface area is 419 Å². The summed E-state index contributed by atoms with van der Waals surface area (Å²) in [5.41, 5.74) is -0.0913. The summed E-state index contributed by atoms with van der Waals surface area (Å²) >= 11 is 0. The number of urea groups is 4. The van der Waals surface area contributed by atoms with Crippen molar-refractivity contribution in [1.29, 1.82) is 0 Å². The lowest BCUT2D eigenvalue weighted by atomic mass is 9.87. The summed E-state index contributed by atoms with van der Waals surface area (Å²) in [4.78, 5) is 62.9. The van der Waals surface area contributed by atoms with E-state index in [1.165, 1.54) is 12.8 Å². The van der Waals surface area contributed by atoms with E-state index in [1.807, 2.05) is 71.6 Å². The van der Waals surface area contributed by atoms with E-state index in [0.717, 1.165) is 145 Å². The summed E-state index contributed by atoms with van der Waals surface area (Å²) in [6.45, 7) is 38.8. The molecule has 4 aliphatic rings. The van der Waals surface area contributed by atoms with Gasteiger partial charge < -0.3 is 39.2 Å². The van der Waals surface area contributed by atoms with Crippen LogP contribution in [-0.4, -0.2) is 169 Å². The van der Waals surface area contributed by atoms with E-state index in [9.17, 15) is 19.2 Å². The molecule has 4 fully saturated rings. The van der Waals surface area contributed by atoms with E-state index in [2.05, 4.69) is 90.0 Å². The van der Waals surface area contributed by atoms with Crippen LogP contribution in [-0.2, 0) is 0 Å². The Hall–Kier alpha value is -2.92. The maximum Gasteiger partial charge on any atom is 0.320 e. The molecule has 67 heavy (non-hydrogen) atoms. The molecule has 4 saturated heterocycles. The minimum atomic E-state index is -0.0913. The Morgan fingerprint density at radius 3 is 0.881 bits per heavy atom. The highest BCUT2D eigenvalue weighted by Crippen LogP contribution is 2.28. The van der Waals surface area contributed by atoms with Gasteiger partial charge in [-0.15, -0.1) is 0 Å². The van der Waals surface area contributed by atoms with Crippen molar-refractivity contribution < 1.29 is 19.2 Å². The van der Waals surface area contributed by atoms with Crippen LogP contribution in [0.4, 0.5) is 19.2 Å². The van der Waals surface area contributed by atoms with Gasteiger partial charge in [0.25, 0.3) is 0 Å². The maximum atomic E-state index is 12.3. The minimum absolute atomic E-state index is 0. The summed E-state index contributed by atoms with van der Waals surface area (Å²) in [5.74, 6) is 6.21. The minimum Gasteiger partial charge on any atom is -0.331 e. The summed E-state index contributed by atoms with van der Waals surface area (Å²) in [6.07, 6.45) is 9.30. The summed E-state index contributed by atoms with van der Waals surface area (Å²) in [7, 11) is 9.29. The van der Waals surface area contributed by atoms with Crippen molar-refractivity contribution in [1.82, 2.24) is 39.2 Å². The first kappa shape index (κ1) is 73.1. The fourth-order valence-electron chi connectivity index (χ4n) is 8.63. The topological polar surface area (TPSA) is 94.2 Å². The molecule has 0 bridgehead atoms. The van der Waals surface area contributed by atoms with Gasteiger partial charge in [-0.3, -0.25) is 0 Å². The van der Waals surface area contributed by atoms with Crippen molar-refractivity contribution in [3.8, 4) is 0 Å². The molecule has 12 nitrogen and oxygen atoms in total. The average Bonchev–Trinajstić information content (AvgIpc) is 3.24. The van der Waals surface area contributed by atoms with Gasteiger partial charge in [-0.2, -0.15) is 0 Å². The van der Waals surface area contributed by atoms with Gasteiger partial charge in [0.2, 0.25) is 0 Å². The second kappa shape index (κ2) is 35.2. The molecule has 0 aromatic carbocycles. The molecule has 0 unspecified atom stereocenters. The van der Waals surface area contributed by atoms with E-state index < -0.39 is 0 Å². The lowest BCUT2D eigenvalue weighted by molar-refractivity contribution is 0.104. The number of piperidine rings is 4. The van der Waals surface area contributed by atoms with Crippen molar-refractivity contribution in [2.45, 2.75) is 197 Å². The molecule has 12 heteroatoms. The first-order valence-corrected chi connectivity index (χ1v) is 24.7. The molecule has 404 valence electrons. The van der Waals surface area contributed by atoms with Gasteiger partial charge in [0.05, 0.1) is 0 Å². The average molecular weight is 958 g/mol. The van der Waals surface area contributed by atoms with Gasteiger partial charge in [0.1, 0.15) is 0 Å². The van der Waals surface area contributed by atoms with Crippen LogP contribution in [0, 0.1) is 47.3 Å². The van der Waals surface area contributed by atoms with Crippen LogP contribution in [0.2, 0.25) is 0 Å². The third kappa shape index (κ3) is 25.0. The smallest absolute Gasteiger partial charge is 0.320 e. The largest absolute Gasteiger partial charge is 0.331 e. The van der Waals surface area contributed by atoms with Gasteiger partial charge in [-0.05, 0) is 140 Å². The number of carbonyl (C=O) groups is 4. The zero-order chi connectivity index (χ0) is 47.6. The molecule has 0 aromatic rings. The molecular formula is C55H120N8O4. The first-order valence-electron chi connectivity index (χ1n) is 24.7. The fraction of sp³-hybridized carbons (Fsp3) is 0.927. The highest BCUT2D eigenvalue weighted by molar-refractivity contribution is 5.76. The second-order valence-corrected chi connectivity index (χ2v) is 21.7. The Balaban J connectivity index is -0.000000249. The quantitative estimate of drug-likeness (QED) is 0.265. The van der Waals surface area contributed by atoms with Crippen molar-refractivity contribution in [3.63, 3.8) is 0 Å². The predicted molar refractivity (Wildman–Crippen MR) is 294 cm³/mol. The number of rotatable bonds is 6. The zero-order valence-electron chi connectivity index (χ0n) is 43.9. The molecule has 4 heterocycles. The number of likely N-dealkylation sites (tertiary alicyclic amines) is 4. The van der Waals surface area contributed by atoms with Crippen LogP contribution in [0.1, 0.15) is 185 Å². The fourth-order valence-corrected chi connectivity index (χ4v) is 8.63. The SMILES string of the molecule is C.C.C.C.C.CC(C)C1CCN(C(=O)N(C)C(C)(C)C)CC1.CC(C)C1CCN(C(=O)N(C)C(C)C)CC1.CC(C)C1CCN(C(=O)N(C)C)CC1.CCN(C)C(=O)N1CCC(C(C)C)CC1. The second-order valence-electron chi connectivity index (χ2n) is 21.7. The highest BCUT2D eigenvalue weighted by Gasteiger charge is 2.31. The van der Waals surface area contributed by atoms with Gasteiger partial charge >= 0.3 is 24.1 Å². The molecule has 0 saturated carbocycles. The Kier molecular flexibility index (Phi) is 38.4. The number of hydrogen-bond donors (Lipinski definition) is 0. The lowest BCUT2D eigenvalue weighted by Gasteiger charge is -2.40. The molecule has 8 amide bonds. The highest BCUT2D eigenvalue weighted by atomic mass is 16.2. The number of carbonyl (C=O) groups excluding carboxylic acids is 4. The van der Waals surface area contributed by atoms with Crippen LogP contribution in [0.5, 0.6) is 0 Å². The monoisotopic (exact) mass is 957 g/mol. The van der Waals surface area contributed by atoms with Crippen molar-refractivity contribution >= 4 is 24.1 Å². The molecule has 4 aliphatic heterocycles. The number of amides is 8. The van der Waals surface area contributed by atoms with Crippen LogP contribution >= 0.6 is 0 Å².